The van der Waals surface area contributed by atoms with Crippen LogP contribution in [0.2, 0.25) is 0 Å². The third-order valence-corrected chi connectivity index (χ3v) is 3.53. The van der Waals surface area contributed by atoms with Crippen LogP contribution in [0.1, 0.15) is 52.0 Å². The van der Waals surface area contributed by atoms with Gasteiger partial charge in [-0.05, 0) is 37.3 Å². The molecule has 18 heavy (non-hydrogen) atoms. The van der Waals surface area contributed by atoms with Gasteiger partial charge in [0.1, 0.15) is 12.4 Å². The predicted octanol–water partition coefficient (Wildman–Crippen LogP) is 3.97. The van der Waals surface area contributed by atoms with E-state index in [1.165, 1.54) is 5.56 Å². The molecule has 0 saturated heterocycles. The van der Waals surface area contributed by atoms with Crippen molar-refractivity contribution in [2.45, 2.75) is 52.5 Å². The van der Waals surface area contributed by atoms with Crippen molar-refractivity contribution in [3.8, 4) is 5.75 Å². The minimum atomic E-state index is 0.559. The van der Waals surface area contributed by atoms with Crippen molar-refractivity contribution in [3.05, 3.63) is 29.8 Å². The molecule has 1 aromatic carbocycles. The van der Waals surface area contributed by atoms with Gasteiger partial charge in [0.15, 0.2) is 0 Å². The predicted molar refractivity (Wildman–Crippen MR) is 78.4 cm³/mol. The van der Waals surface area contributed by atoms with Crippen molar-refractivity contribution in [1.29, 1.82) is 0 Å². The lowest BCUT2D eigenvalue weighted by molar-refractivity contribution is 0.301. The molecule has 0 aromatic heterocycles. The van der Waals surface area contributed by atoms with Gasteiger partial charge in [-0.2, -0.15) is 0 Å². The lowest BCUT2D eigenvalue weighted by atomic mass is 9.98. The molecule has 0 aliphatic heterocycles. The molecule has 0 spiro atoms. The van der Waals surface area contributed by atoms with Crippen LogP contribution in [-0.2, 0) is 0 Å². The van der Waals surface area contributed by atoms with Crippen molar-refractivity contribution >= 4 is 0 Å². The summed E-state index contributed by atoms with van der Waals surface area (Å²) in [5.74, 6) is 1.60. The summed E-state index contributed by atoms with van der Waals surface area (Å²) in [6.45, 7) is 10.5. The standard InChI is InChI=1S/C16H27NO/c1-5-13(3)15-9-7-8-10-16(15)18-12-11-17-14(4)6-2/h7-10,13-14,17H,5-6,11-12H2,1-4H3/t13-,14-/m0/s1. The number of nitrogens with one attached hydrogen (secondary N) is 1. The Bertz CT molecular complexity index is 338. The van der Waals surface area contributed by atoms with E-state index in [0.29, 0.717) is 12.0 Å². The summed E-state index contributed by atoms with van der Waals surface area (Å²) in [5, 5.41) is 3.44. The topological polar surface area (TPSA) is 21.3 Å². The van der Waals surface area contributed by atoms with E-state index in [2.05, 4.69) is 51.2 Å². The zero-order chi connectivity index (χ0) is 13.4. The van der Waals surface area contributed by atoms with E-state index in [1.54, 1.807) is 0 Å². The molecule has 1 aromatic rings. The van der Waals surface area contributed by atoms with E-state index < -0.39 is 0 Å². The van der Waals surface area contributed by atoms with E-state index >= 15 is 0 Å². The number of hydrogen-bond donors (Lipinski definition) is 1. The number of benzene rings is 1. The maximum absolute atomic E-state index is 5.89. The highest BCUT2D eigenvalue weighted by atomic mass is 16.5. The third kappa shape index (κ3) is 4.69. The summed E-state index contributed by atoms with van der Waals surface area (Å²) in [6.07, 6.45) is 2.30. The minimum absolute atomic E-state index is 0.559. The SMILES string of the molecule is CC[C@H](C)NCCOc1ccccc1[C@@H](C)CC. The van der Waals surface area contributed by atoms with Gasteiger partial charge in [0.25, 0.3) is 0 Å². The summed E-state index contributed by atoms with van der Waals surface area (Å²) in [4.78, 5) is 0. The Morgan fingerprint density at radius 3 is 2.50 bits per heavy atom. The molecule has 0 bridgehead atoms. The van der Waals surface area contributed by atoms with Crippen LogP contribution in [0.4, 0.5) is 0 Å². The van der Waals surface area contributed by atoms with Gasteiger partial charge in [-0.3, -0.25) is 0 Å². The Kier molecular flexibility index (Phi) is 6.81. The van der Waals surface area contributed by atoms with E-state index in [9.17, 15) is 0 Å². The third-order valence-electron chi connectivity index (χ3n) is 3.53. The second-order valence-corrected chi connectivity index (χ2v) is 4.96. The van der Waals surface area contributed by atoms with Crippen LogP contribution in [0.5, 0.6) is 5.75 Å². The van der Waals surface area contributed by atoms with Crippen LogP contribution in [0.3, 0.4) is 0 Å². The molecule has 1 rings (SSSR count). The smallest absolute Gasteiger partial charge is 0.122 e. The van der Waals surface area contributed by atoms with E-state index in [4.69, 9.17) is 4.74 Å². The van der Waals surface area contributed by atoms with Gasteiger partial charge in [0.05, 0.1) is 0 Å². The molecule has 0 radical (unpaired) electrons. The zero-order valence-corrected chi connectivity index (χ0v) is 12.2. The molecule has 0 amide bonds. The molecule has 0 aliphatic rings. The maximum Gasteiger partial charge on any atom is 0.122 e. The quantitative estimate of drug-likeness (QED) is 0.704. The molecule has 2 nitrogen and oxygen atoms in total. The van der Waals surface area contributed by atoms with E-state index in [1.807, 2.05) is 6.07 Å². The highest BCUT2D eigenvalue weighted by Gasteiger charge is 2.09. The van der Waals surface area contributed by atoms with Crippen molar-refractivity contribution in [2.24, 2.45) is 0 Å². The molecule has 0 unspecified atom stereocenters. The lowest BCUT2D eigenvalue weighted by Crippen LogP contribution is -2.29. The molecule has 0 fully saturated rings. The number of rotatable bonds is 8. The Hall–Kier alpha value is -1.02. The number of hydrogen-bond acceptors (Lipinski definition) is 2. The Morgan fingerprint density at radius 2 is 1.83 bits per heavy atom. The lowest BCUT2D eigenvalue weighted by Gasteiger charge is -2.16. The first-order valence-electron chi connectivity index (χ1n) is 7.14. The molecule has 2 atom stereocenters. The van der Waals surface area contributed by atoms with Crippen molar-refractivity contribution < 1.29 is 4.74 Å². The average Bonchev–Trinajstić information content (AvgIpc) is 2.42. The van der Waals surface area contributed by atoms with Gasteiger partial charge in [-0.25, -0.2) is 0 Å². The maximum atomic E-state index is 5.89. The highest BCUT2D eigenvalue weighted by Crippen LogP contribution is 2.28. The van der Waals surface area contributed by atoms with Gasteiger partial charge >= 0.3 is 0 Å². The monoisotopic (exact) mass is 249 g/mol. The summed E-state index contributed by atoms with van der Waals surface area (Å²) in [6, 6.07) is 8.95. The fraction of sp³-hybridized carbons (Fsp3) is 0.625. The molecular weight excluding hydrogens is 222 g/mol. The van der Waals surface area contributed by atoms with E-state index in [0.717, 1.165) is 31.7 Å². The summed E-state index contributed by atoms with van der Waals surface area (Å²) < 4.78 is 5.89. The normalized spacial score (nSPS) is 14.2. The first-order valence-corrected chi connectivity index (χ1v) is 7.14. The van der Waals surface area contributed by atoms with Crippen LogP contribution in [0.15, 0.2) is 24.3 Å². The van der Waals surface area contributed by atoms with Crippen LogP contribution in [0.25, 0.3) is 0 Å². The molecule has 1 N–H and O–H groups in total. The number of para-hydroxylation sites is 1. The molecule has 0 saturated carbocycles. The van der Waals surface area contributed by atoms with Crippen LogP contribution in [0, 0.1) is 0 Å². The van der Waals surface area contributed by atoms with Gasteiger partial charge in [-0.1, -0.05) is 39.0 Å². The van der Waals surface area contributed by atoms with Gasteiger partial charge in [-0.15, -0.1) is 0 Å². The highest BCUT2D eigenvalue weighted by molar-refractivity contribution is 5.35. The van der Waals surface area contributed by atoms with Gasteiger partial charge in [0.2, 0.25) is 0 Å². The first-order chi connectivity index (χ1) is 8.69. The molecule has 0 aliphatic carbocycles. The largest absolute Gasteiger partial charge is 0.492 e. The minimum Gasteiger partial charge on any atom is -0.492 e. The van der Waals surface area contributed by atoms with Crippen molar-refractivity contribution in [1.82, 2.24) is 5.32 Å². The van der Waals surface area contributed by atoms with Crippen LogP contribution < -0.4 is 10.1 Å². The van der Waals surface area contributed by atoms with Gasteiger partial charge < -0.3 is 10.1 Å². The fourth-order valence-electron chi connectivity index (χ4n) is 1.85. The van der Waals surface area contributed by atoms with Gasteiger partial charge in [0, 0.05) is 12.6 Å². The van der Waals surface area contributed by atoms with Crippen LogP contribution >= 0.6 is 0 Å². The molecule has 102 valence electrons. The second-order valence-electron chi connectivity index (χ2n) is 4.96. The first kappa shape index (κ1) is 15.0. The molecule has 0 heterocycles. The number of ether oxygens (including phenoxy) is 1. The Morgan fingerprint density at radius 1 is 1.11 bits per heavy atom. The molecule has 2 heteroatoms. The second kappa shape index (κ2) is 8.15. The Balaban J connectivity index is 2.46. The summed E-state index contributed by atoms with van der Waals surface area (Å²) in [5.41, 5.74) is 1.32. The summed E-state index contributed by atoms with van der Waals surface area (Å²) >= 11 is 0. The fourth-order valence-corrected chi connectivity index (χ4v) is 1.85. The van der Waals surface area contributed by atoms with Crippen molar-refractivity contribution in [2.75, 3.05) is 13.2 Å². The van der Waals surface area contributed by atoms with E-state index in [-0.39, 0.29) is 0 Å². The summed E-state index contributed by atoms with van der Waals surface area (Å²) in [7, 11) is 0. The average molecular weight is 249 g/mol. The zero-order valence-electron chi connectivity index (χ0n) is 12.2. The molecular formula is C16H27NO. The Labute approximate surface area is 112 Å². The van der Waals surface area contributed by atoms with Crippen molar-refractivity contribution in [3.63, 3.8) is 0 Å². The van der Waals surface area contributed by atoms with Crippen LogP contribution in [-0.4, -0.2) is 19.2 Å².